The van der Waals surface area contributed by atoms with Crippen LogP contribution in [-0.2, 0) is 14.4 Å². The summed E-state index contributed by atoms with van der Waals surface area (Å²) in [6.45, 7) is 1.28. The number of hydrogen-bond acceptors (Lipinski definition) is 3. The highest BCUT2D eigenvalue weighted by Crippen LogP contribution is 1.94. The van der Waals surface area contributed by atoms with Gasteiger partial charge in [0.1, 0.15) is 6.29 Å². The molecule has 0 radical (unpaired) electrons. The highest BCUT2D eigenvalue weighted by Gasteiger charge is 2.09. The molecular formula is C7H11NO4. The third-order valence-corrected chi connectivity index (χ3v) is 1.22. The van der Waals surface area contributed by atoms with Gasteiger partial charge in [0.25, 0.3) is 0 Å². The number of carbonyl (C=O) groups excluding carboxylic acids is 2. The van der Waals surface area contributed by atoms with Gasteiger partial charge in [-0.2, -0.15) is 0 Å². The summed E-state index contributed by atoms with van der Waals surface area (Å²) in [7, 11) is 0. The molecule has 0 aromatic carbocycles. The van der Waals surface area contributed by atoms with Crippen molar-refractivity contribution in [1.82, 2.24) is 5.32 Å². The Balaban J connectivity index is 3.75. The molecule has 0 aromatic rings. The summed E-state index contributed by atoms with van der Waals surface area (Å²) in [6, 6.07) is -0.682. The Morgan fingerprint density at radius 3 is 2.50 bits per heavy atom. The largest absolute Gasteiger partial charge is 0.481 e. The molecule has 1 atom stereocenters. The van der Waals surface area contributed by atoms with E-state index in [-0.39, 0.29) is 18.7 Å². The van der Waals surface area contributed by atoms with Crippen LogP contribution in [0, 0.1) is 0 Å². The van der Waals surface area contributed by atoms with E-state index in [4.69, 9.17) is 5.11 Å². The maximum Gasteiger partial charge on any atom is 0.303 e. The molecule has 0 aliphatic carbocycles. The smallest absolute Gasteiger partial charge is 0.303 e. The normalized spacial score (nSPS) is 11.8. The van der Waals surface area contributed by atoms with E-state index in [1.54, 1.807) is 0 Å². The number of carboxylic acid groups (broad SMARTS) is 1. The van der Waals surface area contributed by atoms with Crippen molar-refractivity contribution in [1.29, 1.82) is 0 Å². The van der Waals surface area contributed by atoms with E-state index >= 15 is 0 Å². The van der Waals surface area contributed by atoms with Gasteiger partial charge >= 0.3 is 5.97 Å². The van der Waals surface area contributed by atoms with Crippen molar-refractivity contribution in [3.05, 3.63) is 0 Å². The standard InChI is InChI=1S/C7H11NO4/c1-5(10)8-6(4-9)2-3-7(11)12/h4,6H,2-3H2,1H3,(H,8,10)(H,11,12). The fourth-order valence-electron chi connectivity index (χ4n) is 0.714. The molecule has 68 valence electrons. The van der Waals surface area contributed by atoms with Crippen LogP contribution in [0.2, 0.25) is 0 Å². The maximum absolute atomic E-state index is 10.4. The summed E-state index contributed by atoms with van der Waals surface area (Å²) < 4.78 is 0. The van der Waals surface area contributed by atoms with E-state index in [9.17, 15) is 14.4 Å². The van der Waals surface area contributed by atoms with Gasteiger partial charge in [0, 0.05) is 13.3 Å². The molecule has 0 bridgehead atoms. The highest BCUT2D eigenvalue weighted by atomic mass is 16.4. The average Bonchev–Trinajstić information content (AvgIpc) is 1.97. The lowest BCUT2D eigenvalue weighted by molar-refractivity contribution is -0.137. The van der Waals surface area contributed by atoms with Crippen molar-refractivity contribution in [3.8, 4) is 0 Å². The Hall–Kier alpha value is -1.39. The molecule has 1 amide bonds. The number of rotatable bonds is 5. The van der Waals surface area contributed by atoms with Gasteiger partial charge in [-0.05, 0) is 6.42 Å². The number of aldehydes is 1. The van der Waals surface area contributed by atoms with Crippen molar-refractivity contribution >= 4 is 18.2 Å². The third-order valence-electron chi connectivity index (χ3n) is 1.22. The van der Waals surface area contributed by atoms with Gasteiger partial charge in [0.05, 0.1) is 6.04 Å². The minimum atomic E-state index is -0.979. The molecule has 5 nitrogen and oxygen atoms in total. The lowest BCUT2D eigenvalue weighted by atomic mass is 10.2. The Bertz CT molecular complexity index is 190. The predicted molar refractivity (Wildman–Crippen MR) is 40.5 cm³/mol. The first kappa shape index (κ1) is 10.6. The monoisotopic (exact) mass is 173 g/mol. The molecule has 12 heavy (non-hydrogen) atoms. The van der Waals surface area contributed by atoms with E-state index in [2.05, 4.69) is 5.32 Å². The van der Waals surface area contributed by atoms with Gasteiger partial charge in [-0.1, -0.05) is 0 Å². The second kappa shape index (κ2) is 5.29. The van der Waals surface area contributed by atoms with Crippen LogP contribution in [0.3, 0.4) is 0 Å². The molecule has 5 heteroatoms. The molecule has 0 saturated carbocycles. The quantitative estimate of drug-likeness (QED) is 0.552. The Labute approximate surface area is 69.8 Å². The van der Waals surface area contributed by atoms with Crippen molar-refractivity contribution in [2.45, 2.75) is 25.8 Å². The van der Waals surface area contributed by atoms with Gasteiger partial charge < -0.3 is 15.2 Å². The summed E-state index contributed by atoms with van der Waals surface area (Å²) in [4.78, 5) is 30.8. The molecular weight excluding hydrogens is 162 g/mol. The molecule has 0 heterocycles. The van der Waals surface area contributed by atoms with Gasteiger partial charge in [-0.25, -0.2) is 0 Å². The summed E-state index contributed by atoms with van der Waals surface area (Å²) in [5.41, 5.74) is 0. The minimum Gasteiger partial charge on any atom is -0.481 e. The molecule has 0 saturated heterocycles. The van der Waals surface area contributed by atoms with Crippen LogP contribution in [0.1, 0.15) is 19.8 Å². The SMILES string of the molecule is CC(=O)NC(C=O)CCC(=O)O. The number of carboxylic acids is 1. The predicted octanol–water partition coefficient (Wildman–Crippen LogP) is -0.445. The Kier molecular flexibility index (Phi) is 4.67. The van der Waals surface area contributed by atoms with Gasteiger partial charge in [-0.3, -0.25) is 9.59 Å². The zero-order valence-corrected chi connectivity index (χ0v) is 6.74. The topological polar surface area (TPSA) is 83.5 Å². The molecule has 0 rings (SSSR count). The summed E-state index contributed by atoms with van der Waals surface area (Å²) in [5.74, 6) is -1.32. The van der Waals surface area contributed by atoms with E-state index in [0.717, 1.165) is 0 Å². The van der Waals surface area contributed by atoms with E-state index in [0.29, 0.717) is 6.29 Å². The molecule has 1 unspecified atom stereocenters. The number of nitrogens with one attached hydrogen (secondary N) is 1. The van der Waals surface area contributed by atoms with Crippen molar-refractivity contribution in [3.63, 3.8) is 0 Å². The second-order valence-corrected chi connectivity index (χ2v) is 2.38. The van der Waals surface area contributed by atoms with Crippen molar-refractivity contribution < 1.29 is 19.5 Å². The van der Waals surface area contributed by atoms with Crippen LogP contribution in [-0.4, -0.2) is 29.3 Å². The maximum atomic E-state index is 10.4. The Morgan fingerprint density at radius 1 is 1.58 bits per heavy atom. The van der Waals surface area contributed by atoms with Gasteiger partial charge in [0.15, 0.2) is 0 Å². The lowest BCUT2D eigenvalue weighted by Gasteiger charge is -2.08. The molecule has 0 aliphatic rings. The van der Waals surface area contributed by atoms with Crippen LogP contribution in [0.5, 0.6) is 0 Å². The average molecular weight is 173 g/mol. The lowest BCUT2D eigenvalue weighted by Crippen LogP contribution is -2.34. The van der Waals surface area contributed by atoms with Crippen LogP contribution < -0.4 is 5.32 Å². The van der Waals surface area contributed by atoms with E-state index < -0.39 is 12.0 Å². The van der Waals surface area contributed by atoms with Crippen LogP contribution in [0.4, 0.5) is 0 Å². The zero-order chi connectivity index (χ0) is 9.56. The molecule has 2 N–H and O–H groups in total. The minimum absolute atomic E-state index is 0.121. The van der Waals surface area contributed by atoms with Crippen LogP contribution in [0.25, 0.3) is 0 Å². The third kappa shape index (κ3) is 5.40. The van der Waals surface area contributed by atoms with Crippen molar-refractivity contribution in [2.24, 2.45) is 0 Å². The highest BCUT2D eigenvalue weighted by molar-refractivity contribution is 5.77. The molecule has 0 spiro atoms. The first-order valence-corrected chi connectivity index (χ1v) is 3.50. The van der Waals surface area contributed by atoms with Crippen LogP contribution in [0.15, 0.2) is 0 Å². The fourth-order valence-corrected chi connectivity index (χ4v) is 0.714. The van der Waals surface area contributed by atoms with Gasteiger partial charge in [0.2, 0.25) is 5.91 Å². The second-order valence-electron chi connectivity index (χ2n) is 2.38. The first-order valence-electron chi connectivity index (χ1n) is 3.50. The number of amides is 1. The summed E-state index contributed by atoms with van der Waals surface area (Å²) >= 11 is 0. The summed E-state index contributed by atoms with van der Waals surface area (Å²) in [6.07, 6.45) is 0.548. The molecule has 0 aliphatic heterocycles. The van der Waals surface area contributed by atoms with Crippen LogP contribution >= 0.6 is 0 Å². The zero-order valence-electron chi connectivity index (χ0n) is 6.74. The molecule has 0 fully saturated rings. The fraction of sp³-hybridized carbons (Fsp3) is 0.571. The first-order chi connectivity index (χ1) is 5.56. The van der Waals surface area contributed by atoms with Gasteiger partial charge in [-0.15, -0.1) is 0 Å². The molecule has 0 aromatic heterocycles. The number of aliphatic carboxylic acids is 1. The summed E-state index contributed by atoms with van der Waals surface area (Å²) in [5, 5.41) is 10.6. The Morgan fingerprint density at radius 2 is 2.17 bits per heavy atom. The number of carbonyl (C=O) groups is 3. The van der Waals surface area contributed by atoms with E-state index in [1.165, 1.54) is 6.92 Å². The van der Waals surface area contributed by atoms with Crippen molar-refractivity contribution in [2.75, 3.05) is 0 Å². The number of hydrogen-bond donors (Lipinski definition) is 2. The van der Waals surface area contributed by atoms with E-state index in [1.807, 2.05) is 0 Å².